The maximum absolute atomic E-state index is 12.5. The van der Waals surface area contributed by atoms with Crippen LogP contribution >= 0.6 is 0 Å². The number of carbonyl (C=O) groups is 1. The maximum Gasteiger partial charge on any atom is 0.253 e. The molecule has 0 spiro atoms. The summed E-state index contributed by atoms with van der Waals surface area (Å²) in [6, 6.07) is 12.5. The topological polar surface area (TPSA) is 95.0 Å². The van der Waals surface area contributed by atoms with Crippen LogP contribution in [-0.2, 0) is 6.54 Å². The van der Waals surface area contributed by atoms with Crippen molar-refractivity contribution >= 4 is 5.91 Å². The largest absolute Gasteiger partial charge is 0.508 e. The number of H-pyrrole nitrogens is 1. The highest BCUT2D eigenvalue weighted by molar-refractivity contribution is 5.94. The number of aromatic amines is 1. The van der Waals surface area contributed by atoms with Crippen molar-refractivity contribution in [2.24, 2.45) is 0 Å². The molecule has 1 heterocycles. The van der Waals surface area contributed by atoms with Gasteiger partial charge in [-0.05, 0) is 47.5 Å². The van der Waals surface area contributed by atoms with E-state index in [0.29, 0.717) is 23.5 Å². The van der Waals surface area contributed by atoms with Gasteiger partial charge >= 0.3 is 0 Å². The van der Waals surface area contributed by atoms with Crippen molar-refractivity contribution < 1.29 is 9.90 Å². The monoisotopic (exact) mass is 323 g/mol. The van der Waals surface area contributed by atoms with Crippen LogP contribution < -0.4 is 0 Å². The molecule has 0 fully saturated rings. The Morgan fingerprint density at radius 3 is 2.79 bits per heavy atom. The average Bonchev–Trinajstić information content (AvgIpc) is 3.11. The van der Waals surface area contributed by atoms with Crippen LogP contribution in [0.15, 0.2) is 42.5 Å². The minimum absolute atomic E-state index is 0.108. The maximum atomic E-state index is 12.5. The first kappa shape index (κ1) is 15.7. The van der Waals surface area contributed by atoms with E-state index in [2.05, 4.69) is 20.6 Å². The molecule has 7 nitrogen and oxygen atoms in total. The quantitative estimate of drug-likeness (QED) is 0.767. The van der Waals surface area contributed by atoms with Gasteiger partial charge in [-0.1, -0.05) is 18.2 Å². The molecule has 0 aliphatic rings. The Balaban J connectivity index is 1.77. The molecule has 0 aliphatic carbocycles. The number of amides is 1. The first-order valence-electron chi connectivity index (χ1n) is 7.42. The summed E-state index contributed by atoms with van der Waals surface area (Å²) in [5.74, 6) is 0.588. The van der Waals surface area contributed by atoms with Gasteiger partial charge in [-0.15, -0.1) is 10.2 Å². The van der Waals surface area contributed by atoms with E-state index in [0.717, 1.165) is 11.1 Å². The zero-order chi connectivity index (χ0) is 17.1. The molecular formula is C17H17N5O2. The summed E-state index contributed by atoms with van der Waals surface area (Å²) in [7, 11) is 1.74. The van der Waals surface area contributed by atoms with E-state index in [9.17, 15) is 9.90 Å². The molecule has 2 aromatic carbocycles. The van der Waals surface area contributed by atoms with Crippen LogP contribution in [0, 0.1) is 6.92 Å². The molecule has 0 saturated carbocycles. The molecule has 3 rings (SSSR count). The Hall–Kier alpha value is -3.22. The van der Waals surface area contributed by atoms with E-state index >= 15 is 0 Å². The summed E-state index contributed by atoms with van der Waals surface area (Å²) in [6.07, 6.45) is 0. The zero-order valence-electron chi connectivity index (χ0n) is 13.4. The Bertz CT molecular complexity index is 861. The lowest BCUT2D eigenvalue weighted by Crippen LogP contribution is -2.26. The lowest BCUT2D eigenvalue weighted by Gasteiger charge is -2.18. The van der Waals surface area contributed by atoms with Gasteiger partial charge < -0.3 is 10.0 Å². The molecule has 1 aromatic heterocycles. The molecule has 3 aromatic rings. The number of nitrogens with one attached hydrogen (secondary N) is 1. The van der Waals surface area contributed by atoms with Gasteiger partial charge in [0, 0.05) is 24.7 Å². The van der Waals surface area contributed by atoms with Crippen molar-refractivity contribution in [3.8, 4) is 17.1 Å². The molecular weight excluding hydrogens is 306 g/mol. The van der Waals surface area contributed by atoms with Gasteiger partial charge in [-0.3, -0.25) is 4.79 Å². The minimum Gasteiger partial charge on any atom is -0.508 e. The van der Waals surface area contributed by atoms with Gasteiger partial charge in [0.1, 0.15) is 5.75 Å². The standard InChI is InChI=1S/C17H17N5O2/c1-11-8-14(6-7-15(11)23)17(24)22(2)10-12-4-3-5-13(9-12)16-18-20-21-19-16/h3-9,23H,10H2,1-2H3,(H,18,19,20,21). The zero-order valence-corrected chi connectivity index (χ0v) is 13.4. The van der Waals surface area contributed by atoms with E-state index in [-0.39, 0.29) is 11.7 Å². The normalized spacial score (nSPS) is 10.6. The van der Waals surface area contributed by atoms with Gasteiger partial charge in [-0.25, -0.2) is 0 Å². The number of tetrazole rings is 1. The molecule has 24 heavy (non-hydrogen) atoms. The van der Waals surface area contributed by atoms with Crippen LogP contribution in [0.25, 0.3) is 11.4 Å². The summed E-state index contributed by atoms with van der Waals surface area (Å²) in [5.41, 5.74) is 3.02. The Labute approximate surface area is 138 Å². The summed E-state index contributed by atoms with van der Waals surface area (Å²) in [6.45, 7) is 2.21. The van der Waals surface area contributed by atoms with Crippen molar-refractivity contribution in [2.75, 3.05) is 7.05 Å². The summed E-state index contributed by atoms with van der Waals surface area (Å²) in [4.78, 5) is 14.2. The van der Waals surface area contributed by atoms with E-state index in [4.69, 9.17) is 0 Å². The average molecular weight is 323 g/mol. The number of phenols is 1. The number of phenolic OH excluding ortho intramolecular Hbond substituents is 1. The minimum atomic E-state index is -0.108. The number of aromatic hydroxyl groups is 1. The van der Waals surface area contributed by atoms with E-state index in [1.807, 2.05) is 24.3 Å². The van der Waals surface area contributed by atoms with Gasteiger partial charge in [0.05, 0.1) is 0 Å². The summed E-state index contributed by atoms with van der Waals surface area (Å²) < 4.78 is 0. The Morgan fingerprint density at radius 2 is 2.08 bits per heavy atom. The summed E-state index contributed by atoms with van der Waals surface area (Å²) >= 11 is 0. The molecule has 0 atom stereocenters. The number of nitrogens with zero attached hydrogens (tertiary/aromatic N) is 4. The molecule has 122 valence electrons. The second-order valence-corrected chi connectivity index (χ2v) is 5.60. The van der Waals surface area contributed by atoms with Crippen LogP contribution in [0.1, 0.15) is 21.5 Å². The van der Waals surface area contributed by atoms with Gasteiger partial charge in [-0.2, -0.15) is 5.21 Å². The van der Waals surface area contributed by atoms with Crippen molar-refractivity contribution in [1.82, 2.24) is 25.5 Å². The van der Waals surface area contributed by atoms with Crippen LogP contribution in [0.2, 0.25) is 0 Å². The molecule has 1 amide bonds. The SMILES string of the molecule is Cc1cc(C(=O)N(C)Cc2cccc(-c3nn[nH]n3)c2)ccc1O. The third-order valence-corrected chi connectivity index (χ3v) is 3.74. The van der Waals surface area contributed by atoms with Crippen LogP contribution in [0.4, 0.5) is 0 Å². The molecule has 0 bridgehead atoms. The number of hydrogen-bond donors (Lipinski definition) is 2. The molecule has 0 radical (unpaired) electrons. The Kier molecular flexibility index (Phi) is 4.24. The van der Waals surface area contributed by atoms with Crippen LogP contribution in [-0.4, -0.2) is 43.6 Å². The highest BCUT2D eigenvalue weighted by Crippen LogP contribution is 2.19. The fourth-order valence-corrected chi connectivity index (χ4v) is 2.45. The van der Waals surface area contributed by atoms with Crippen molar-refractivity contribution in [2.45, 2.75) is 13.5 Å². The van der Waals surface area contributed by atoms with Crippen molar-refractivity contribution in [1.29, 1.82) is 0 Å². The number of carbonyl (C=O) groups excluding carboxylic acids is 1. The molecule has 0 unspecified atom stereocenters. The lowest BCUT2D eigenvalue weighted by molar-refractivity contribution is 0.0785. The number of aromatic nitrogens is 4. The van der Waals surface area contributed by atoms with Crippen LogP contribution in [0.5, 0.6) is 5.75 Å². The first-order valence-corrected chi connectivity index (χ1v) is 7.42. The van der Waals surface area contributed by atoms with Crippen LogP contribution in [0.3, 0.4) is 0 Å². The predicted molar refractivity (Wildman–Crippen MR) is 88.3 cm³/mol. The number of benzene rings is 2. The molecule has 2 N–H and O–H groups in total. The predicted octanol–water partition coefficient (Wildman–Crippen LogP) is 2.15. The lowest BCUT2D eigenvalue weighted by atomic mass is 10.1. The third-order valence-electron chi connectivity index (χ3n) is 3.74. The summed E-state index contributed by atoms with van der Waals surface area (Å²) in [5, 5.41) is 23.5. The van der Waals surface area contributed by atoms with Gasteiger partial charge in [0.15, 0.2) is 0 Å². The molecule has 7 heteroatoms. The second kappa shape index (κ2) is 6.49. The van der Waals surface area contributed by atoms with Crippen molar-refractivity contribution in [3.05, 3.63) is 59.2 Å². The third kappa shape index (κ3) is 3.24. The van der Waals surface area contributed by atoms with E-state index in [1.165, 1.54) is 6.07 Å². The highest BCUT2D eigenvalue weighted by Gasteiger charge is 2.14. The van der Waals surface area contributed by atoms with E-state index in [1.54, 1.807) is 31.0 Å². The first-order chi connectivity index (χ1) is 11.5. The molecule has 0 saturated heterocycles. The fourth-order valence-electron chi connectivity index (χ4n) is 2.45. The van der Waals surface area contributed by atoms with Gasteiger partial charge in [0.2, 0.25) is 5.82 Å². The smallest absolute Gasteiger partial charge is 0.253 e. The number of hydrogen-bond acceptors (Lipinski definition) is 5. The number of rotatable bonds is 4. The number of aryl methyl sites for hydroxylation is 1. The second-order valence-electron chi connectivity index (χ2n) is 5.60. The Morgan fingerprint density at radius 1 is 1.25 bits per heavy atom. The van der Waals surface area contributed by atoms with Gasteiger partial charge in [0.25, 0.3) is 5.91 Å². The van der Waals surface area contributed by atoms with Crippen molar-refractivity contribution in [3.63, 3.8) is 0 Å². The highest BCUT2D eigenvalue weighted by atomic mass is 16.3. The van der Waals surface area contributed by atoms with E-state index < -0.39 is 0 Å². The molecule has 0 aliphatic heterocycles. The fraction of sp³-hybridized carbons (Fsp3) is 0.176.